The van der Waals surface area contributed by atoms with E-state index >= 15 is 0 Å². The molecule has 0 spiro atoms. The molecular formula is C29H27N3O5. The van der Waals surface area contributed by atoms with Crippen LogP contribution in [0.25, 0.3) is 10.9 Å². The maximum absolute atomic E-state index is 13.1. The van der Waals surface area contributed by atoms with Gasteiger partial charge in [0, 0.05) is 41.1 Å². The zero-order chi connectivity index (χ0) is 25.9. The van der Waals surface area contributed by atoms with Gasteiger partial charge in [-0.25, -0.2) is 4.79 Å². The zero-order valence-electron chi connectivity index (χ0n) is 20.9. The van der Waals surface area contributed by atoms with Crippen LogP contribution in [0.15, 0.2) is 66.9 Å². The number of amides is 2. The van der Waals surface area contributed by atoms with Gasteiger partial charge in [0.05, 0.1) is 19.7 Å². The molecule has 1 aliphatic heterocycles. The molecule has 1 aliphatic rings. The fourth-order valence-corrected chi connectivity index (χ4v) is 4.49. The number of nitrogens with one attached hydrogen (secondary N) is 1. The number of methoxy groups -OCH3 is 2. The molecule has 0 atom stereocenters. The fourth-order valence-electron chi connectivity index (χ4n) is 4.49. The summed E-state index contributed by atoms with van der Waals surface area (Å²) < 4.78 is 17.1. The first kappa shape index (κ1) is 24.1. The number of nitrogens with zero attached hydrogens (tertiary/aromatic N) is 2. The highest BCUT2D eigenvalue weighted by Gasteiger charge is 2.23. The summed E-state index contributed by atoms with van der Waals surface area (Å²) in [5.74, 6) is 2.49. The van der Waals surface area contributed by atoms with Crippen LogP contribution in [-0.2, 0) is 6.42 Å². The minimum Gasteiger partial charge on any atom is -0.493 e. The highest BCUT2D eigenvalue weighted by Crippen LogP contribution is 2.38. The molecule has 0 unspecified atom stereocenters. The number of hydrogen-bond acceptors (Lipinski definition) is 6. The lowest BCUT2D eigenvalue weighted by Crippen LogP contribution is -2.38. The Hall–Kier alpha value is -4.59. The monoisotopic (exact) mass is 497 g/mol. The molecule has 1 aromatic heterocycles. The lowest BCUT2D eigenvalue weighted by Gasteiger charge is -2.30. The largest absolute Gasteiger partial charge is 0.493 e. The summed E-state index contributed by atoms with van der Waals surface area (Å²) >= 11 is 0. The van der Waals surface area contributed by atoms with Crippen LogP contribution < -0.4 is 24.4 Å². The van der Waals surface area contributed by atoms with Crippen LogP contribution in [0.5, 0.6) is 23.0 Å². The third kappa shape index (κ3) is 4.91. The SMILES string of the molecule is COc1cc2nccc(Oc3ccc4c(c3)CCCN4C(=O)Nc3ccc(C(C)=O)cc3)c2cc1OC. The molecule has 3 aromatic carbocycles. The number of aryl methyl sites for hydroxylation is 1. The highest BCUT2D eigenvalue weighted by molar-refractivity contribution is 6.03. The predicted molar refractivity (Wildman–Crippen MR) is 142 cm³/mol. The molecule has 37 heavy (non-hydrogen) atoms. The molecule has 8 heteroatoms. The second-order valence-electron chi connectivity index (χ2n) is 8.74. The minimum absolute atomic E-state index is 0.0144. The molecule has 5 rings (SSSR count). The van der Waals surface area contributed by atoms with E-state index in [4.69, 9.17) is 14.2 Å². The van der Waals surface area contributed by atoms with E-state index in [0.717, 1.165) is 35.0 Å². The molecule has 0 radical (unpaired) electrons. The lowest BCUT2D eigenvalue weighted by atomic mass is 10.0. The van der Waals surface area contributed by atoms with Crippen molar-refractivity contribution >= 4 is 34.1 Å². The van der Waals surface area contributed by atoms with Crippen molar-refractivity contribution in [3.63, 3.8) is 0 Å². The van der Waals surface area contributed by atoms with Crippen molar-refractivity contribution in [3.8, 4) is 23.0 Å². The summed E-state index contributed by atoms with van der Waals surface area (Å²) in [6.45, 7) is 2.13. The molecule has 1 N–H and O–H groups in total. The smallest absolute Gasteiger partial charge is 0.326 e. The van der Waals surface area contributed by atoms with Crippen molar-refractivity contribution in [2.45, 2.75) is 19.8 Å². The third-order valence-electron chi connectivity index (χ3n) is 6.39. The van der Waals surface area contributed by atoms with Crippen LogP contribution in [0.4, 0.5) is 16.2 Å². The maximum atomic E-state index is 13.1. The van der Waals surface area contributed by atoms with Crippen LogP contribution in [0.1, 0.15) is 29.3 Å². The number of benzene rings is 3. The second kappa shape index (κ2) is 10.2. The summed E-state index contributed by atoms with van der Waals surface area (Å²) in [6.07, 6.45) is 3.37. The van der Waals surface area contributed by atoms with Crippen molar-refractivity contribution in [2.24, 2.45) is 0 Å². The van der Waals surface area contributed by atoms with Crippen LogP contribution in [0.2, 0.25) is 0 Å². The number of rotatable bonds is 6. The minimum atomic E-state index is -0.216. The molecule has 0 saturated carbocycles. The van der Waals surface area contributed by atoms with Gasteiger partial charge in [-0.2, -0.15) is 0 Å². The highest BCUT2D eigenvalue weighted by atomic mass is 16.5. The molecule has 188 valence electrons. The standard InChI is InChI=1S/C29H27N3O5/c1-18(33)19-6-8-21(9-7-19)31-29(34)32-14-4-5-20-15-22(10-11-25(20)32)37-26-12-13-30-24-17-28(36-3)27(35-2)16-23(24)26/h6-13,15-17H,4-5,14H2,1-3H3,(H,31,34). The van der Waals surface area contributed by atoms with Gasteiger partial charge < -0.3 is 19.5 Å². The molecular weight excluding hydrogens is 470 g/mol. The van der Waals surface area contributed by atoms with Gasteiger partial charge in [0.2, 0.25) is 0 Å². The summed E-state index contributed by atoms with van der Waals surface area (Å²) in [4.78, 5) is 30.7. The predicted octanol–water partition coefficient (Wildman–Crippen LogP) is 6.23. The topological polar surface area (TPSA) is 90.0 Å². The zero-order valence-corrected chi connectivity index (χ0v) is 20.9. The van der Waals surface area contributed by atoms with Crippen LogP contribution in [0.3, 0.4) is 0 Å². The number of ketones is 1. The Labute approximate surface area is 214 Å². The molecule has 8 nitrogen and oxygen atoms in total. The van der Waals surface area contributed by atoms with Gasteiger partial charge >= 0.3 is 6.03 Å². The maximum Gasteiger partial charge on any atom is 0.326 e. The summed E-state index contributed by atoms with van der Waals surface area (Å²) in [7, 11) is 3.18. The van der Waals surface area contributed by atoms with Gasteiger partial charge in [-0.3, -0.25) is 14.7 Å². The Kier molecular flexibility index (Phi) is 6.64. The number of pyridine rings is 1. The molecule has 4 aromatic rings. The van der Waals surface area contributed by atoms with E-state index < -0.39 is 0 Å². The van der Waals surface area contributed by atoms with Crippen molar-refractivity contribution in [1.82, 2.24) is 4.98 Å². The Morgan fingerprint density at radius 2 is 1.68 bits per heavy atom. The number of carbonyl (C=O) groups is 2. The Morgan fingerprint density at radius 3 is 2.41 bits per heavy atom. The molecule has 0 fully saturated rings. The molecule has 2 heterocycles. The van der Waals surface area contributed by atoms with Gasteiger partial charge in [-0.15, -0.1) is 0 Å². The van der Waals surface area contributed by atoms with Crippen LogP contribution in [0, 0.1) is 0 Å². The first-order chi connectivity index (χ1) is 18.0. The van der Waals surface area contributed by atoms with E-state index in [1.165, 1.54) is 6.92 Å². The van der Waals surface area contributed by atoms with Gasteiger partial charge in [0.25, 0.3) is 0 Å². The summed E-state index contributed by atoms with van der Waals surface area (Å²) in [5.41, 5.74) is 3.85. The number of Topliss-reactive ketones (excluding diaryl/α,β-unsaturated/α-hetero) is 1. The molecule has 0 bridgehead atoms. The number of hydrogen-bond donors (Lipinski definition) is 1. The first-order valence-electron chi connectivity index (χ1n) is 12.0. The van der Waals surface area contributed by atoms with Crippen molar-refractivity contribution in [2.75, 3.05) is 31.0 Å². The quantitative estimate of drug-likeness (QED) is 0.318. The average molecular weight is 498 g/mol. The Bertz CT molecular complexity index is 1480. The molecule has 0 aliphatic carbocycles. The number of ether oxygens (including phenoxy) is 3. The lowest BCUT2D eigenvalue weighted by molar-refractivity contribution is 0.101. The van der Waals surface area contributed by atoms with Gasteiger partial charge in [-0.1, -0.05) is 0 Å². The summed E-state index contributed by atoms with van der Waals surface area (Å²) in [6, 6.07) is 17.9. The number of aromatic nitrogens is 1. The van der Waals surface area contributed by atoms with Gasteiger partial charge in [-0.05, 0) is 79.9 Å². The second-order valence-corrected chi connectivity index (χ2v) is 8.74. The van der Waals surface area contributed by atoms with E-state index in [-0.39, 0.29) is 11.8 Å². The van der Waals surface area contributed by atoms with Crippen molar-refractivity contribution in [3.05, 3.63) is 78.0 Å². The van der Waals surface area contributed by atoms with Gasteiger partial charge in [0.15, 0.2) is 17.3 Å². The van der Waals surface area contributed by atoms with Crippen molar-refractivity contribution < 1.29 is 23.8 Å². The third-order valence-corrected chi connectivity index (χ3v) is 6.39. The van der Waals surface area contributed by atoms with E-state index in [1.54, 1.807) is 49.6 Å². The number of fused-ring (bicyclic) bond motifs is 2. The van der Waals surface area contributed by atoms with Crippen LogP contribution in [-0.4, -0.2) is 37.6 Å². The van der Waals surface area contributed by atoms with Gasteiger partial charge in [0.1, 0.15) is 11.5 Å². The Morgan fingerprint density at radius 1 is 0.919 bits per heavy atom. The van der Waals surface area contributed by atoms with Crippen LogP contribution >= 0.6 is 0 Å². The number of anilines is 2. The normalized spacial score (nSPS) is 12.6. The van der Waals surface area contributed by atoms with E-state index in [0.29, 0.717) is 40.8 Å². The Balaban J connectivity index is 1.38. The average Bonchev–Trinajstić information content (AvgIpc) is 2.92. The first-order valence-corrected chi connectivity index (χ1v) is 12.0. The van der Waals surface area contributed by atoms with E-state index in [1.807, 2.05) is 36.4 Å². The fraction of sp³-hybridized carbons (Fsp3) is 0.207. The molecule has 2 amide bonds. The number of urea groups is 1. The van der Waals surface area contributed by atoms with E-state index in [2.05, 4.69) is 10.3 Å². The van der Waals surface area contributed by atoms with Crippen molar-refractivity contribution in [1.29, 1.82) is 0 Å². The number of carbonyl (C=O) groups excluding carboxylic acids is 2. The summed E-state index contributed by atoms with van der Waals surface area (Å²) in [5, 5.41) is 3.73. The van der Waals surface area contributed by atoms with E-state index in [9.17, 15) is 9.59 Å². The molecule has 0 saturated heterocycles.